The van der Waals surface area contributed by atoms with Crippen molar-refractivity contribution in [2.75, 3.05) is 5.32 Å². The number of aromatic nitrogens is 2. The molecule has 0 aliphatic heterocycles. The number of hydrogen-bond donors (Lipinski definition) is 1. The Bertz CT molecular complexity index is 702. The molecule has 1 aromatic carbocycles. The van der Waals surface area contributed by atoms with Gasteiger partial charge in [0.1, 0.15) is 5.75 Å². The van der Waals surface area contributed by atoms with Gasteiger partial charge in [-0.3, -0.25) is 14.9 Å². The van der Waals surface area contributed by atoms with Crippen LogP contribution in [-0.4, -0.2) is 21.4 Å². The number of anilines is 1. The van der Waals surface area contributed by atoms with Crippen LogP contribution in [0.15, 0.2) is 30.5 Å². The van der Waals surface area contributed by atoms with Crippen LogP contribution in [0.4, 0.5) is 5.95 Å². The second-order valence-corrected chi connectivity index (χ2v) is 5.82. The molecule has 23 heavy (non-hydrogen) atoms. The van der Waals surface area contributed by atoms with Gasteiger partial charge in [-0.15, -0.1) is 0 Å². The summed E-state index contributed by atoms with van der Waals surface area (Å²) in [6.45, 7) is 8.21. The van der Waals surface area contributed by atoms with Gasteiger partial charge in [0.05, 0.1) is 5.69 Å². The third-order valence-corrected chi connectivity index (χ3v) is 3.06. The van der Waals surface area contributed by atoms with Crippen LogP contribution in [-0.2, 0) is 11.3 Å². The highest BCUT2D eigenvalue weighted by Gasteiger charge is 2.12. The van der Waals surface area contributed by atoms with Crippen LogP contribution >= 0.6 is 0 Å². The Balaban J connectivity index is 2.11. The standard InChI is InChI=1S/C17H21N3O3/c1-11(2)9-20-10-12(3)18-17(20)19-16(22)14-5-7-15(8-6-14)23-13(4)21/h5-8,10-11H,9H2,1-4H3,(H,18,19,22). The molecular formula is C17H21N3O3. The van der Waals surface area contributed by atoms with Crippen LogP contribution in [0.2, 0.25) is 0 Å². The Hall–Kier alpha value is -2.63. The van der Waals surface area contributed by atoms with E-state index in [0.717, 1.165) is 12.2 Å². The average Bonchev–Trinajstić information content (AvgIpc) is 2.77. The van der Waals surface area contributed by atoms with Crippen molar-refractivity contribution in [1.82, 2.24) is 9.55 Å². The van der Waals surface area contributed by atoms with Crippen molar-refractivity contribution >= 4 is 17.8 Å². The zero-order valence-electron chi connectivity index (χ0n) is 13.8. The molecule has 0 atom stereocenters. The summed E-state index contributed by atoms with van der Waals surface area (Å²) in [5.74, 6) is 0.738. The average molecular weight is 315 g/mol. The number of nitrogens with zero attached hydrogens (tertiary/aromatic N) is 2. The molecule has 0 saturated heterocycles. The monoisotopic (exact) mass is 315 g/mol. The summed E-state index contributed by atoms with van der Waals surface area (Å²) in [6.07, 6.45) is 1.92. The summed E-state index contributed by atoms with van der Waals surface area (Å²) in [4.78, 5) is 27.6. The Morgan fingerprint density at radius 1 is 1.26 bits per heavy atom. The summed E-state index contributed by atoms with van der Waals surface area (Å²) in [6, 6.07) is 6.39. The molecule has 0 fully saturated rings. The Morgan fingerprint density at radius 2 is 1.91 bits per heavy atom. The van der Waals surface area contributed by atoms with Gasteiger partial charge in [0.2, 0.25) is 5.95 Å². The lowest BCUT2D eigenvalue weighted by Crippen LogP contribution is -2.17. The van der Waals surface area contributed by atoms with Crippen LogP contribution in [0.1, 0.15) is 36.8 Å². The van der Waals surface area contributed by atoms with Gasteiger partial charge in [0.15, 0.2) is 0 Å². The van der Waals surface area contributed by atoms with Gasteiger partial charge in [-0.2, -0.15) is 0 Å². The summed E-state index contributed by atoms with van der Waals surface area (Å²) in [7, 11) is 0. The fraction of sp³-hybridized carbons (Fsp3) is 0.353. The van der Waals surface area contributed by atoms with Crippen molar-refractivity contribution in [3.8, 4) is 5.75 Å². The van der Waals surface area contributed by atoms with E-state index in [1.54, 1.807) is 24.3 Å². The van der Waals surface area contributed by atoms with Crippen LogP contribution in [0.25, 0.3) is 0 Å². The number of carbonyl (C=O) groups is 2. The Morgan fingerprint density at radius 3 is 2.48 bits per heavy atom. The molecule has 2 rings (SSSR count). The second-order valence-electron chi connectivity index (χ2n) is 5.82. The van der Waals surface area contributed by atoms with Crippen LogP contribution in [0, 0.1) is 12.8 Å². The summed E-state index contributed by atoms with van der Waals surface area (Å²) in [5, 5.41) is 2.82. The lowest BCUT2D eigenvalue weighted by molar-refractivity contribution is -0.131. The predicted molar refractivity (Wildman–Crippen MR) is 87.5 cm³/mol. The predicted octanol–water partition coefficient (Wildman–Crippen LogP) is 3.03. The van der Waals surface area contributed by atoms with E-state index >= 15 is 0 Å². The van der Waals surface area contributed by atoms with Crippen LogP contribution < -0.4 is 10.1 Å². The SMILES string of the molecule is CC(=O)Oc1ccc(C(=O)Nc2nc(C)cn2CC(C)C)cc1. The summed E-state index contributed by atoms with van der Waals surface area (Å²) < 4.78 is 6.88. The fourth-order valence-corrected chi connectivity index (χ4v) is 2.19. The molecule has 6 heteroatoms. The summed E-state index contributed by atoms with van der Waals surface area (Å²) >= 11 is 0. The highest BCUT2D eigenvalue weighted by Crippen LogP contribution is 2.15. The maximum Gasteiger partial charge on any atom is 0.308 e. The van der Waals surface area contributed by atoms with Gasteiger partial charge >= 0.3 is 5.97 Å². The number of nitrogens with one attached hydrogen (secondary N) is 1. The number of hydrogen-bond acceptors (Lipinski definition) is 4. The van der Waals surface area contributed by atoms with E-state index in [0.29, 0.717) is 23.2 Å². The number of amides is 1. The third kappa shape index (κ3) is 4.67. The van der Waals surface area contributed by atoms with Crippen molar-refractivity contribution in [2.45, 2.75) is 34.2 Å². The van der Waals surface area contributed by atoms with E-state index in [9.17, 15) is 9.59 Å². The summed E-state index contributed by atoms with van der Waals surface area (Å²) in [5.41, 5.74) is 1.32. The van der Waals surface area contributed by atoms with Gasteiger partial charge in [-0.05, 0) is 37.1 Å². The van der Waals surface area contributed by atoms with Crippen molar-refractivity contribution in [3.63, 3.8) is 0 Å². The lowest BCUT2D eigenvalue weighted by Gasteiger charge is -2.11. The van der Waals surface area contributed by atoms with E-state index in [1.807, 2.05) is 17.7 Å². The Kier molecular flexibility index (Phi) is 5.16. The van der Waals surface area contributed by atoms with Gasteiger partial charge in [0, 0.05) is 25.2 Å². The zero-order chi connectivity index (χ0) is 17.0. The number of aryl methyl sites for hydroxylation is 1. The molecule has 122 valence electrons. The molecule has 0 radical (unpaired) electrons. The minimum Gasteiger partial charge on any atom is -0.427 e. The van der Waals surface area contributed by atoms with Crippen molar-refractivity contribution < 1.29 is 14.3 Å². The first-order valence-electron chi connectivity index (χ1n) is 7.48. The van der Waals surface area contributed by atoms with Gasteiger partial charge in [-0.1, -0.05) is 13.8 Å². The molecule has 0 spiro atoms. The number of esters is 1. The molecule has 6 nitrogen and oxygen atoms in total. The number of imidazole rings is 1. The minimum absolute atomic E-state index is 0.255. The minimum atomic E-state index is -0.395. The van der Waals surface area contributed by atoms with E-state index in [2.05, 4.69) is 24.1 Å². The number of benzene rings is 1. The highest BCUT2D eigenvalue weighted by molar-refractivity contribution is 6.03. The quantitative estimate of drug-likeness (QED) is 0.680. The van der Waals surface area contributed by atoms with Crippen molar-refractivity contribution in [1.29, 1.82) is 0 Å². The zero-order valence-corrected chi connectivity index (χ0v) is 13.8. The molecule has 1 amide bonds. The number of ether oxygens (including phenoxy) is 1. The first-order valence-corrected chi connectivity index (χ1v) is 7.48. The number of rotatable bonds is 5. The molecule has 0 bridgehead atoms. The van der Waals surface area contributed by atoms with E-state index in [4.69, 9.17) is 4.74 Å². The van der Waals surface area contributed by atoms with E-state index in [-0.39, 0.29) is 5.91 Å². The topological polar surface area (TPSA) is 73.2 Å². The van der Waals surface area contributed by atoms with E-state index < -0.39 is 5.97 Å². The molecule has 0 aliphatic rings. The fourth-order valence-electron chi connectivity index (χ4n) is 2.19. The molecule has 2 aromatic rings. The second kappa shape index (κ2) is 7.09. The first kappa shape index (κ1) is 16.7. The van der Waals surface area contributed by atoms with Crippen molar-refractivity contribution in [2.24, 2.45) is 5.92 Å². The third-order valence-electron chi connectivity index (χ3n) is 3.06. The van der Waals surface area contributed by atoms with Gasteiger partial charge in [-0.25, -0.2) is 4.98 Å². The van der Waals surface area contributed by atoms with Gasteiger partial charge in [0.25, 0.3) is 5.91 Å². The molecule has 0 unspecified atom stereocenters. The molecule has 1 heterocycles. The molecular weight excluding hydrogens is 294 g/mol. The lowest BCUT2D eigenvalue weighted by atomic mass is 10.2. The highest BCUT2D eigenvalue weighted by atomic mass is 16.5. The van der Waals surface area contributed by atoms with Gasteiger partial charge < -0.3 is 9.30 Å². The van der Waals surface area contributed by atoms with Crippen LogP contribution in [0.5, 0.6) is 5.75 Å². The molecule has 1 aromatic heterocycles. The maximum absolute atomic E-state index is 12.3. The first-order chi connectivity index (χ1) is 10.8. The smallest absolute Gasteiger partial charge is 0.308 e. The molecule has 1 N–H and O–H groups in total. The number of carbonyl (C=O) groups excluding carboxylic acids is 2. The maximum atomic E-state index is 12.3. The normalized spacial score (nSPS) is 10.7. The largest absolute Gasteiger partial charge is 0.427 e. The molecule has 0 aliphatic carbocycles. The molecule has 0 saturated carbocycles. The van der Waals surface area contributed by atoms with E-state index in [1.165, 1.54) is 6.92 Å². The Labute approximate surface area is 135 Å². The van der Waals surface area contributed by atoms with Crippen molar-refractivity contribution in [3.05, 3.63) is 41.7 Å². The van der Waals surface area contributed by atoms with Crippen LogP contribution in [0.3, 0.4) is 0 Å².